The summed E-state index contributed by atoms with van der Waals surface area (Å²) in [5.41, 5.74) is 2.00. The van der Waals surface area contributed by atoms with Crippen LogP contribution < -0.4 is 9.64 Å². The van der Waals surface area contributed by atoms with Gasteiger partial charge in [0.2, 0.25) is 0 Å². The van der Waals surface area contributed by atoms with Crippen molar-refractivity contribution in [3.8, 4) is 11.5 Å². The summed E-state index contributed by atoms with van der Waals surface area (Å²) in [5.74, 6) is 0.796. The summed E-state index contributed by atoms with van der Waals surface area (Å²) < 4.78 is 20.2. The minimum atomic E-state index is -0.336. The number of hydrogen-bond acceptors (Lipinski definition) is 5. The zero-order chi connectivity index (χ0) is 22.6. The van der Waals surface area contributed by atoms with E-state index in [4.69, 9.17) is 4.74 Å². The summed E-state index contributed by atoms with van der Waals surface area (Å²) in [5, 5.41) is 0.495. The Morgan fingerprint density at radius 3 is 2.48 bits per heavy atom. The van der Waals surface area contributed by atoms with E-state index < -0.39 is 0 Å². The number of amides is 1. The van der Waals surface area contributed by atoms with E-state index in [0.29, 0.717) is 26.7 Å². The Kier molecular flexibility index (Phi) is 5.78. The van der Waals surface area contributed by atoms with Crippen LogP contribution >= 0.6 is 11.3 Å². The molecule has 5 nitrogen and oxygen atoms in total. The van der Waals surface area contributed by atoms with Gasteiger partial charge in [-0.05, 0) is 66.2 Å². The summed E-state index contributed by atoms with van der Waals surface area (Å²) in [6, 6.07) is 24.5. The molecule has 1 amide bonds. The number of benzene rings is 3. The first-order valence-corrected chi connectivity index (χ1v) is 11.1. The second-order valence-corrected chi connectivity index (χ2v) is 8.31. The van der Waals surface area contributed by atoms with Gasteiger partial charge in [-0.2, -0.15) is 0 Å². The van der Waals surface area contributed by atoms with Gasteiger partial charge in [0.1, 0.15) is 17.3 Å². The molecule has 0 bridgehead atoms. The van der Waals surface area contributed by atoms with Crippen molar-refractivity contribution in [2.75, 3.05) is 4.90 Å². The van der Waals surface area contributed by atoms with Crippen molar-refractivity contribution in [1.29, 1.82) is 0 Å². The van der Waals surface area contributed by atoms with Crippen LogP contribution in [0.1, 0.15) is 15.9 Å². The number of anilines is 1. The SMILES string of the molecule is O=C(c1ccc(Oc2ccccc2)cc1)N(Cc1cccnc1)c1nc2ccc(F)cc2s1. The number of halogens is 1. The molecule has 5 aromatic rings. The molecular weight excluding hydrogens is 437 g/mol. The highest BCUT2D eigenvalue weighted by Gasteiger charge is 2.22. The summed E-state index contributed by atoms with van der Waals surface area (Å²) in [7, 11) is 0. The van der Waals surface area contributed by atoms with E-state index in [2.05, 4.69) is 9.97 Å². The normalized spacial score (nSPS) is 10.8. The Morgan fingerprint density at radius 2 is 1.73 bits per heavy atom. The van der Waals surface area contributed by atoms with Crippen molar-refractivity contribution in [3.63, 3.8) is 0 Å². The maximum Gasteiger partial charge on any atom is 0.260 e. The number of carbonyl (C=O) groups excluding carboxylic acids is 1. The molecule has 0 fully saturated rings. The van der Waals surface area contributed by atoms with Crippen molar-refractivity contribution in [2.24, 2.45) is 0 Å². The van der Waals surface area contributed by atoms with Crippen LogP contribution in [0, 0.1) is 5.82 Å². The number of aromatic nitrogens is 2. The van der Waals surface area contributed by atoms with Crippen LogP contribution in [0.2, 0.25) is 0 Å². The minimum Gasteiger partial charge on any atom is -0.457 e. The van der Waals surface area contributed by atoms with Crippen LogP contribution in [0.5, 0.6) is 11.5 Å². The van der Waals surface area contributed by atoms with Crippen molar-refractivity contribution < 1.29 is 13.9 Å². The minimum absolute atomic E-state index is 0.218. The first kappa shape index (κ1) is 20.8. The van der Waals surface area contributed by atoms with Gasteiger partial charge in [-0.25, -0.2) is 9.37 Å². The molecule has 0 aliphatic heterocycles. The van der Waals surface area contributed by atoms with Crippen molar-refractivity contribution in [2.45, 2.75) is 6.54 Å². The van der Waals surface area contributed by atoms with Crippen LogP contribution in [-0.4, -0.2) is 15.9 Å². The Morgan fingerprint density at radius 1 is 0.939 bits per heavy atom. The molecule has 0 saturated carbocycles. The largest absolute Gasteiger partial charge is 0.457 e. The molecule has 2 aromatic heterocycles. The number of carbonyl (C=O) groups is 1. The van der Waals surface area contributed by atoms with Gasteiger partial charge in [0.25, 0.3) is 5.91 Å². The lowest BCUT2D eigenvalue weighted by Gasteiger charge is -2.20. The lowest BCUT2D eigenvalue weighted by molar-refractivity contribution is 0.0985. The highest BCUT2D eigenvalue weighted by molar-refractivity contribution is 7.22. The number of pyridine rings is 1. The number of para-hydroxylation sites is 1. The van der Waals surface area contributed by atoms with Gasteiger partial charge >= 0.3 is 0 Å². The number of thiazole rings is 1. The third-order valence-corrected chi connectivity index (χ3v) is 6.00. The van der Waals surface area contributed by atoms with Gasteiger partial charge in [-0.3, -0.25) is 14.7 Å². The van der Waals surface area contributed by atoms with Crippen molar-refractivity contribution in [3.05, 3.63) is 114 Å². The quantitative estimate of drug-likeness (QED) is 0.294. The zero-order valence-electron chi connectivity index (χ0n) is 17.4. The summed E-state index contributed by atoms with van der Waals surface area (Å²) >= 11 is 1.28. The third kappa shape index (κ3) is 4.73. The molecule has 7 heteroatoms. The fourth-order valence-corrected chi connectivity index (χ4v) is 4.34. The molecule has 33 heavy (non-hydrogen) atoms. The van der Waals surface area contributed by atoms with Crippen LogP contribution in [-0.2, 0) is 6.54 Å². The highest BCUT2D eigenvalue weighted by atomic mass is 32.1. The smallest absolute Gasteiger partial charge is 0.260 e. The maximum atomic E-state index is 13.7. The molecule has 0 radical (unpaired) electrons. The third-order valence-electron chi connectivity index (χ3n) is 4.96. The predicted octanol–water partition coefficient (Wildman–Crippen LogP) is 6.47. The Labute approximate surface area is 193 Å². The molecule has 0 aliphatic rings. The maximum absolute atomic E-state index is 13.7. The van der Waals surface area contributed by atoms with E-state index >= 15 is 0 Å². The molecule has 2 heterocycles. The summed E-state index contributed by atoms with van der Waals surface area (Å²) in [6.45, 7) is 0.289. The van der Waals surface area contributed by atoms with Gasteiger partial charge in [0.05, 0.1) is 16.8 Å². The fraction of sp³-hybridized carbons (Fsp3) is 0.0385. The first-order chi connectivity index (χ1) is 16.2. The molecule has 0 spiro atoms. The van der Waals surface area contributed by atoms with Gasteiger partial charge < -0.3 is 4.74 Å². The number of rotatable bonds is 6. The summed E-state index contributed by atoms with van der Waals surface area (Å²) in [4.78, 5) is 23.8. The summed E-state index contributed by atoms with van der Waals surface area (Å²) in [6.07, 6.45) is 3.39. The fourth-order valence-electron chi connectivity index (χ4n) is 3.35. The average Bonchev–Trinajstić information content (AvgIpc) is 3.27. The lowest BCUT2D eigenvalue weighted by Crippen LogP contribution is -2.30. The molecular formula is C26H18FN3O2S. The van der Waals surface area contributed by atoms with E-state index in [1.54, 1.807) is 47.6 Å². The Hall–Kier alpha value is -4.10. The van der Waals surface area contributed by atoms with Gasteiger partial charge in [0, 0.05) is 18.0 Å². The second kappa shape index (κ2) is 9.18. The molecule has 0 unspecified atom stereocenters. The van der Waals surface area contributed by atoms with E-state index in [-0.39, 0.29) is 18.3 Å². The Balaban J connectivity index is 1.45. The highest BCUT2D eigenvalue weighted by Crippen LogP contribution is 2.31. The number of ether oxygens (including phenoxy) is 1. The van der Waals surface area contributed by atoms with Crippen LogP contribution in [0.4, 0.5) is 9.52 Å². The van der Waals surface area contributed by atoms with Crippen LogP contribution in [0.25, 0.3) is 10.2 Å². The number of hydrogen-bond donors (Lipinski definition) is 0. The van der Waals surface area contributed by atoms with Crippen molar-refractivity contribution >= 4 is 32.6 Å². The van der Waals surface area contributed by atoms with Gasteiger partial charge in [-0.1, -0.05) is 35.6 Å². The molecule has 5 rings (SSSR count). The van der Waals surface area contributed by atoms with Crippen LogP contribution in [0.15, 0.2) is 97.3 Å². The average molecular weight is 456 g/mol. The molecule has 0 saturated heterocycles. The van der Waals surface area contributed by atoms with Crippen molar-refractivity contribution in [1.82, 2.24) is 9.97 Å². The molecule has 0 N–H and O–H groups in total. The second-order valence-electron chi connectivity index (χ2n) is 7.30. The topological polar surface area (TPSA) is 55.3 Å². The molecule has 0 atom stereocenters. The van der Waals surface area contributed by atoms with E-state index in [1.807, 2.05) is 42.5 Å². The Bertz CT molecular complexity index is 1390. The standard InChI is InChI=1S/C26H18FN3O2S/c27-20-10-13-23-24(15-20)33-26(29-23)30(17-18-5-4-14-28-16-18)25(31)19-8-11-22(12-9-19)32-21-6-2-1-3-7-21/h1-16H,17H2. The monoisotopic (exact) mass is 455 g/mol. The number of nitrogens with zero attached hydrogens (tertiary/aromatic N) is 3. The number of fused-ring (bicyclic) bond motifs is 1. The van der Waals surface area contributed by atoms with Gasteiger partial charge in [0.15, 0.2) is 5.13 Å². The molecule has 0 aliphatic carbocycles. The first-order valence-electron chi connectivity index (χ1n) is 10.3. The van der Waals surface area contributed by atoms with E-state index in [0.717, 1.165) is 11.3 Å². The van der Waals surface area contributed by atoms with E-state index in [1.165, 1.54) is 23.5 Å². The predicted molar refractivity (Wildman–Crippen MR) is 127 cm³/mol. The molecule has 3 aromatic carbocycles. The zero-order valence-corrected chi connectivity index (χ0v) is 18.2. The van der Waals surface area contributed by atoms with Gasteiger partial charge in [-0.15, -0.1) is 0 Å². The van der Waals surface area contributed by atoms with Crippen LogP contribution in [0.3, 0.4) is 0 Å². The lowest BCUT2D eigenvalue weighted by atomic mass is 10.1. The van der Waals surface area contributed by atoms with E-state index in [9.17, 15) is 9.18 Å². The molecule has 162 valence electrons.